The van der Waals surface area contributed by atoms with Crippen LogP contribution >= 0.6 is 15.9 Å². The van der Waals surface area contributed by atoms with Crippen molar-refractivity contribution in [2.24, 2.45) is 5.92 Å². The molecule has 3 amide bonds. The minimum atomic E-state index is -0.971. The Hall–Kier alpha value is -3.64. The first-order chi connectivity index (χ1) is 17.7. The normalized spacial score (nSPS) is 21.2. The highest BCUT2D eigenvalue weighted by molar-refractivity contribution is 9.10. The number of amides is 3. The van der Waals surface area contributed by atoms with E-state index in [0.29, 0.717) is 12.1 Å². The topological polar surface area (TPSA) is 109 Å². The lowest BCUT2D eigenvalue weighted by Crippen LogP contribution is -2.52. The molecule has 37 heavy (non-hydrogen) atoms. The van der Waals surface area contributed by atoms with Crippen LogP contribution in [0.1, 0.15) is 42.7 Å². The van der Waals surface area contributed by atoms with Crippen LogP contribution in [0.3, 0.4) is 0 Å². The molecule has 0 unspecified atom stereocenters. The fourth-order valence-electron chi connectivity index (χ4n) is 5.61. The van der Waals surface area contributed by atoms with Gasteiger partial charge in [-0.05, 0) is 42.2 Å². The molecule has 5 rings (SSSR count). The number of rotatable bonds is 5. The second-order valence-corrected chi connectivity index (χ2v) is 11.2. The van der Waals surface area contributed by atoms with Crippen molar-refractivity contribution >= 4 is 50.2 Å². The Kier molecular flexibility index (Phi) is 6.32. The first-order valence-corrected chi connectivity index (χ1v) is 13.1. The number of carbonyl (C=O) groups excluding carboxylic acids is 3. The predicted octanol–water partition coefficient (Wildman–Crippen LogP) is 4.43. The molecule has 190 valence electrons. The summed E-state index contributed by atoms with van der Waals surface area (Å²) in [4.78, 5) is 46.9. The highest BCUT2D eigenvalue weighted by atomic mass is 79.9. The number of fused-ring (bicyclic) bond motifs is 3. The fourth-order valence-corrected chi connectivity index (χ4v) is 6.09. The second kappa shape index (κ2) is 9.34. The van der Waals surface area contributed by atoms with Crippen LogP contribution in [0.15, 0.2) is 53.0 Å². The van der Waals surface area contributed by atoms with Gasteiger partial charge in [0.05, 0.1) is 11.5 Å². The summed E-state index contributed by atoms with van der Waals surface area (Å²) in [5, 5.41) is 13.8. The number of nitriles is 1. The van der Waals surface area contributed by atoms with Crippen molar-refractivity contribution in [2.75, 3.05) is 18.9 Å². The van der Waals surface area contributed by atoms with Gasteiger partial charge < -0.3 is 20.1 Å². The van der Waals surface area contributed by atoms with E-state index in [-0.39, 0.29) is 36.6 Å². The number of likely N-dealkylation sites (N-methyl/N-ethyl adjacent to an activating group) is 1. The number of para-hydroxylation sites is 1. The van der Waals surface area contributed by atoms with Gasteiger partial charge in [-0.25, -0.2) is 0 Å². The zero-order chi connectivity index (χ0) is 26.5. The average Bonchev–Trinajstić information content (AvgIpc) is 3.56. The van der Waals surface area contributed by atoms with Gasteiger partial charge in [-0.15, -0.1) is 0 Å². The summed E-state index contributed by atoms with van der Waals surface area (Å²) in [5.74, 6) is -0.706. The maximum absolute atomic E-state index is 14.0. The maximum Gasteiger partial charge on any atom is 0.270 e. The Morgan fingerprint density at radius 3 is 2.70 bits per heavy atom. The summed E-state index contributed by atoms with van der Waals surface area (Å²) in [6.07, 6.45) is 0.648. The number of hydrogen-bond acceptors (Lipinski definition) is 4. The van der Waals surface area contributed by atoms with Crippen LogP contribution in [0, 0.1) is 17.2 Å². The van der Waals surface area contributed by atoms with Gasteiger partial charge in [-0.3, -0.25) is 14.4 Å². The lowest BCUT2D eigenvalue weighted by atomic mass is 9.80. The SMILES string of the molecule is CC(C)C[C@@H](C(=O)N1C[C@]2(C[C@H]1C#N)C(=O)Nc1ccccc12)N(C)C(=O)c1cc2c(Br)cccc2[nH]1. The number of H-pyrrole nitrogens is 1. The molecule has 9 heteroatoms. The summed E-state index contributed by atoms with van der Waals surface area (Å²) in [5.41, 5.74) is 1.75. The number of benzene rings is 2. The molecule has 3 atom stereocenters. The van der Waals surface area contributed by atoms with Gasteiger partial charge >= 0.3 is 0 Å². The molecule has 3 aromatic rings. The maximum atomic E-state index is 14.0. The van der Waals surface area contributed by atoms with Gasteiger partial charge in [0.25, 0.3) is 5.91 Å². The van der Waals surface area contributed by atoms with Crippen LogP contribution < -0.4 is 5.32 Å². The quantitative estimate of drug-likeness (QED) is 0.480. The minimum Gasteiger partial charge on any atom is -0.350 e. The number of nitrogens with one attached hydrogen (secondary N) is 2. The molecule has 2 N–H and O–H groups in total. The third kappa shape index (κ3) is 4.09. The van der Waals surface area contributed by atoms with Crippen LogP contribution in [-0.4, -0.2) is 58.2 Å². The highest BCUT2D eigenvalue weighted by Crippen LogP contribution is 2.46. The number of likely N-dealkylation sites (tertiary alicyclic amines) is 1. The fraction of sp³-hybridized carbons (Fsp3) is 0.357. The van der Waals surface area contributed by atoms with E-state index in [2.05, 4.69) is 32.3 Å². The van der Waals surface area contributed by atoms with Crippen molar-refractivity contribution in [3.63, 3.8) is 0 Å². The monoisotopic (exact) mass is 561 g/mol. The minimum absolute atomic E-state index is 0.100. The number of nitrogens with zero attached hydrogens (tertiary/aromatic N) is 3. The zero-order valence-corrected chi connectivity index (χ0v) is 22.5. The molecule has 0 aliphatic carbocycles. The van der Waals surface area contributed by atoms with E-state index >= 15 is 0 Å². The Labute approximate surface area is 223 Å². The Morgan fingerprint density at radius 2 is 2.00 bits per heavy atom. The van der Waals surface area contributed by atoms with Crippen molar-refractivity contribution in [1.29, 1.82) is 5.26 Å². The molecule has 1 saturated heterocycles. The second-order valence-electron chi connectivity index (χ2n) is 10.3. The molecule has 2 aliphatic rings. The number of aromatic nitrogens is 1. The Balaban J connectivity index is 1.46. The molecule has 0 radical (unpaired) electrons. The van der Waals surface area contributed by atoms with Crippen molar-refractivity contribution in [3.8, 4) is 6.07 Å². The largest absolute Gasteiger partial charge is 0.350 e. The van der Waals surface area contributed by atoms with E-state index in [1.807, 2.05) is 56.3 Å². The van der Waals surface area contributed by atoms with E-state index in [1.54, 1.807) is 13.1 Å². The van der Waals surface area contributed by atoms with Gasteiger partial charge in [-0.2, -0.15) is 5.26 Å². The van der Waals surface area contributed by atoms with Gasteiger partial charge in [0.15, 0.2) is 0 Å². The van der Waals surface area contributed by atoms with Crippen molar-refractivity contribution < 1.29 is 14.4 Å². The summed E-state index contributed by atoms with van der Waals surface area (Å²) < 4.78 is 0.868. The molecule has 1 aromatic heterocycles. The number of halogens is 1. The number of aromatic amines is 1. The van der Waals surface area contributed by atoms with Crippen LogP contribution in [0.25, 0.3) is 10.9 Å². The van der Waals surface area contributed by atoms with Crippen LogP contribution in [0.2, 0.25) is 0 Å². The third-order valence-electron chi connectivity index (χ3n) is 7.52. The number of anilines is 1. The van der Waals surface area contributed by atoms with E-state index in [1.165, 1.54) is 9.80 Å². The van der Waals surface area contributed by atoms with E-state index in [0.717, 1.165) is 26.6 Å². The molecule has 1 spiro atoms. The lowest BCUT2D eigenvalue weighted by Gasteiger charge is -2.33. The molecule has 1 fully saturated rings. The van der Waals surface area contributed by atoms with Gasteiger partial charge in [0.2, 0.25) is 11.8 Å². The molecule has 3 heterocycles. The summed E-state index contributed by atoms with van der Waals surface area (Å²) in [6.45, 7) is 4.09. The van der Waals surface area contributed by atoms with Crippen LogP contribution in [-0.2, 0) is 15.0 Å². The molecular weight excluding hydrogens is 534 g/mol. The van der Waals surface area contributed by atoms with Gasteiger partial charge in [0, 0.05) is 41.1 Å². The third-order valence-corrected chi connectivity index (χ3v) is 8.22. The van der Waals surface area contributed by atoms with Crippen molar-refractivity contribution in [3.05, 3.63) is 64.3 Å². The molecule has 0 saturated carbocycles. The standard InChI is InChI=1S/C28H28BrN5O3/c1-16(2)11-24(33(3)25(35)23-12-18-20(29)8-6-10-21(18)31-23)26(36)34-15-28(13-17(34)14-30)19-7-4-5-9-22(19)32-27(28)37/h4-10,12,16-17,24,31H,11,13,15H2,1-3H3,(H,32,37)/t17-,24-,28-/m0/s1. The van der Waals surface area contributed by atoms with E-state index in [4.69, 9.17) is 0 Å². The van der Waals surface area contributed by atoms with Gasteiger partial charge in [-0.1, -0.05) is 54.0 Å². The first kappa shape index (κ1) is 25.0. The van der Waals surface area contributed by atoms with Crippen LogP contribution in [0.4, 0.5) is 5.69 Å². The summed E-state index contributed by atoms with van der Waals surface area (Å²) in [7, 11) is 1.62. The predicted molar refractivity (Wildman–Crippen MR) is 144 cm³/mol. The molecule has 2 aromatic carbocycles. The summed E-state index contributed by atoms with van der Waals surface area (Å²) in [6, 6.07) is 15.6. The molecule has 2 aliphatic heterocycles. The summed E-state index contributed by atoms with van der Waals surface area (Å²) >= 11 is 3.52. The van der Waals surface area contributed by atoms with E-state index < -0.39 is 17.5 Å². The van der Waals surface area contributed by atoms with Crippen LogP contribution in [0.5, 0.6) is 0 Å². The Bertz CT molecular complexity index is 1460. The number of hydrogen-bond donors (Lipinski definition) is 2. The zero-order valence-electron chi connectivity index (χ0n) is 20.9. The van der Waals surface area contributed by atoms with Gasteiger partial charge in [0.1, 0.15) is 17.8 Å². The highest BCUT2D eigenvalue weighted by Gasteiger charge is 2.56. The van der Waals surface area contributed by atoms with E-state index in [9.17, 15) is 19.6 Å². The average molecular weight is 562 g/mol. The molecular formula is C28H28BrN5O3. The Morgan fingerprint density at radius 1 is 1.24 bits per heavy atom. The lowest BCUT2D eigenvalue weighted by molar-refractivity contribution is -0.136. The van der Waals surface area contributed by atoms with Crippen molar-refractivity contribution in [1.82, 2.24) is 14.8 Å². The number of carbonyl (C=O) groups is 3. The molecule has 8 nitrogen and oxygen atoms in total. The van der Waals surface area contributed by atoms with Crippen molar-refractivity contribution in [2.45, 2.75) is 44.2 Å². The molecule has 0 bridgehead atoms. The first-order valence-electron chi connectivity index (χ1n) is 12.3. The smallest absolute Gasteiger partial charge is 0.270 e.